The summed E-state index contributed by atoms with van der Waals surface area (Å²) >= 11 is 3.48. The van der Waals surface area contributed by atoms with Gasteiger partial charge in [-0.25, -0.2) is 0 Å². The second-order valence-electron chi connectivity index (χ2n) is 6.04. The highest BCUT2D eigenvalue weighted by atomic mass is 79.9. The molecule has 6 heteroatoms. The number of carbonyl (C=O) groups is 1. The monoisotopic (exact) mass is 419 g/mol. The molecule has 2 aromatic carbocycles. The van der Waals surface area contributed by atoms with Gasteiger partial charge in [0.05, 0.1) is 30.8 Å². The van der Waals surface area contributed by atoms with E-state index in [9.17, 15) is 4.79 Å². The zero-order valence-corrected chi connectivity index (χ0v) is 16.5. The Bertz CT molecular complexity index is 793. The fraction of sp³-hybridized carbons (Fsp3) is 0.350. The third-order valence-corrected chi connectivity index (χ3v) is 4.80. The Hall–Kier alpha value is -2.21. The van der Waals surface area contributed by atoms with E-state index in [0.717, 1.165) is 24.2 Å². The summed E-state index contributed by atoms with van der Waals surface area (Å²) in [7, 11) is 1.57. The van der Waals surface area contributed by atoms with Crippen LogP contribution in [-0.4, -0.2) is 26.2 Å². The van der Waals surface area contributed by atoms with Crippen LogP contribution < -0.4 is 19.5 Å². The lowest BCUT2D eigenvalue weighted by Crippen LogP contribution is -2.32. The van der Waals surface area contributed by atoms with E-state index in [0.29, 0.717) is 34.7 Å². The number of ether oxygens (including phenoxy) is 3. The van der Waals surface area contributed by atoms with Crippen LogP contribution >= 0.6 is 15.9 Å². The summed E-state index contributed by atoms with van der Waals surface area (Å²) in [5, 5.41) is 3.10. The summed E-state index contributed by atoms with van der Waals surface area (Å²) in [5.74, 6) is 1.81. The topological polar surface area (TPSA) is 56.8 Å². The van der Waals surface area contributed by atoms with E-state index in [-0.39, 0.29) is 11.9 Å². The van der Waals surface area contributed by atoms with Crippen molar-refractivity contribution in [1.82, 2.24) is 5.32 Å². The SMILES string of the molecule is CCCOc1c(Br)cc(C(=O)N[C@@H]2CCOc3ccccc32)cc1OC. The molecule has 1 heterocycles. The first-order valence-corrected chi connectivity index (χ1v) is 9.46. The first-order valence-electron chi connectivity index (χ1n) is 8.67. The van der Waals surface area contributed by atoms with Crippen molar-refractivity contribution in [3.63, 3.8) is 0 Å². The van der Waals surface area contributed by atoms with Crippen molar-refractivity contribution in [3.05, 3.63) is 52.0 Å². The number of carbonyl (C=O) groups excluding carboxylic acids is 1. The Balaban J connectivity index is 1.81. The second-order valence-corrected chi connectivity index (χ2v) is 6.89. The normalized spacial score (nSPS) is 15.6. The number of methoxy groups -OCH3 is 1. The molecule has 0 fully saturated rings. The van der Waals surface area contributed by atoms with Gasteiger partial charge in [-0.1, -0.05) is 25.1 Å². The lowest BCUT2D eigenvalue weighted by molar-refractivity contribution is 0.0924. The van der Waals surface area contributed by atoms with Gasteiger partial charge >= 0.3 is 0 Å². The molecule has 0 saturated heterocycles. The minimum atomic E-state index is -0.159. The molecule has 3 rings (SSSR count). The van der Waals surface area contributed by atoms with Crippen molar-refractivity contribution >= 4 is 21.8 Å². The van der Waals surface area contributed by atoms with Gasteiger partial charge in [-0.2, -0.15) is 0 Å². The number of benzene rings is 2. The molecule has 1 atom stereocenters. The van der Waals surface area contributed by atoms with Crippen LogP contribution in [0.5, 0.6) is 17.2 Å². The zero-order chi connectivity index (χ0) is 18.5. The molecule has 5 nitrogen and oxygen atoms in total. The molecule has 0 spiro atoms. The summed E-state index contributed by atoms with van der Waals surface area (Å²) in [6.07, 6.45) is 1.62. The van der Waals surface area contributed by atoms with E-state index >= 15 is 0 Å². The maximum absolute atomic E-state index is 12.8. The molecule has 2 aromatic rings. The number of nitrogens with one attached hydrogen (secondary N) is 1. The van der Waals surface area contributed by atoms with Crippen LogP contribution in [0.3, 0.4) is 0 Å². The third kappa shape index (κ3) is 3.96. The van der Waals surface area contributed by atoms with Crippen molar-refractivity contribution < 1.29 is 19.0 Å². The molecule has 0 aliphatic carbocycles. The lowest BCUT2D eigenvalue weighted by Gasteiger charge is -2.26. The van der Waals surface area contributed by atoms with Crippen molar-refractivity contribution in [3.8, 4) is 17.2 Å². The first kappa shape index (κ1) is 18.6. The smallest absolute Gasteiger partial charge is 0.251 e. The van der Waals surface area contributed by atoms with Gasteiger partial charge < -0.3 is 19.5 Å². The van der Waals surface area contributed by atoms with Crippen molar-refractivity contribution in [2.75, 3.05) is 20.3 Å². The largest absolute Gasteiger partial charge is 0.493 e. The number of amides is 1. The molecule has 0 bridgehead atoms. The van der Waals surface area contributed by atoms with Gasteiger partial charge in [-0.15, -0.1) is 0 Å². The number of hydrogen-bond acceptors (Lipinski definition) is 4. The van der Waals surface area contributed by atoms with E-state index in [1.165, 1.54) is 0 Å². The highest BCUT2D eigenvalue weighted by molar-refractivity contribution is 9.10. The van der Waals surface area contributed by atoms with Gasteiger partial charge in [-0.05, 0) is 40.5 Å². The highest BCUT2D eigenvalue weighted by Crippen LogP contribution is 2.37. The molecule has 1 N–H and O–H groups in total. The van der Waals surface area contributed by atoms with Gasteiger partial charge in [0.15, 0.2) is 11.5 Å². The maximum Gasteiger partial charge on any atom is 0.251 e. The van der Waals surface area contributed by atoms with Gasteiger partial charge in [0, 0.05) is 17.5 Å². The summed E-state index contributed by atoms with van der Waals surface area (Å²) in [6.45, 7) is 3.20. The molecule has 1 aliphatic heterocycles. The quantitative estimate of drug-likeness (QED) is 0.748. The molecule has 1 aliphatic rings. The number of para-hydroxylation sites is 1. The van der Waals surface area contributed by atoms with Crippen LogP contribution in [0.4, 0.5) is 0 Å². The molecule has 0 radical (unpaired) electrons. The van der Waals surface area contributed by atoms with Crippen LogP contribution in [0.2, 0.25) is 0 Å². The molecule has 26 heavy (non-hydrogen) atoms. The second kappa shape index (κ2) is 8.45. The summed E-state index contributed by atoms with van der Waals surface area (Å²) in [4.78, 5) is 12.8. The standard InChI is InChI=1S/C20H22BrNO4/c1-3-9-26-19-15(21)11-13(12-18(19)24-2)20(23)22-16-8-10-25-17-7-5-4-6-14(16)17/h4-7,11-12,16H,3,8-10H2,1-2H3,(H,22,23)/t16-/m1/s1. The molecular weight excluding hydrogens is 398 g/mol. The van der Waals surface area contributed by atoms with Gasteiger partial charge in [0.1, 0.15) is 5.75 Å². The van der Waals surface area contributed by atoms with Crippen LogP contribution in [0, 0.1) is 0 Å². The third-order valence-electron chi connectivity index (χ3n) is 4.21. The van der Waals surface area contributed by atoms with E-state index in [2.05, 4.69) is 21.2 Å². The minimum Gasteiger partial charge on any atom is -0.493 e. The predicted octanol–water partition coefficient (Wildman–Crippen LogP) is 4.50. The van der Waals surface area contributed by atoms with Crippen molar-refractivity contribution in [2.24, 2.45) is 0 Å². The Labute approximate surface area is 161 Å². The molecule has 138 valence electrons. The Kier molecular flexibility index (Phi) is 6.04. The van der Waals surface area contributed by atoms with E-state index in [1.807, 2.05) is 31.2 Å². The van der Waals surface area contributed by atoms with Crippen LogP contribution in [-0.2, 0) is 0 Å². The van der Waals surface area contributed by atoms with E-state index < -0.39 is 0 Å². The zero-order valence-electron chi connectivity index (χ0n) is 14.9. The van der Waals surface area contributed by atoms with Crippen LogP contribution in [0.15, 0.2) is 40.9 Å². The summed E-state index contributed by atoms with van der Waals surface area (Å²) < 4.78 is 17.5. The van der Waals surface area contributed by atoms with Gasteiger partial charge in [-0.3, -0.25) is 4.79 Å². The number of halogens is 1. The Morgan fingerprint density at radius 1 is 1.35 bits per heavy atom. The Morgan fingerprint density at radius 3 is 2.92 bits per heavy atom. The summed E-state index contributed by atoms with van der Waals surface area (Å²) in [5.41, 5.74) is 1.52. The van der Waals surface area contributed by atoms with Crippen molar-refractivity contribution in [2.45, 2.75) is 25.8 Å². The number of rotatable bonds is 6. The molecular formula is C20H22BrNO4. The predicted molar refractivity (Wildman–Crippen MR) is 103 cm³/mol. The van der Waals surface area contributed by atoms with E-state index in [4.69, 9.17) is 14.2 Å². The van der Waals surface area contributed by atoms with Gasteiger partial charge in [0.2, 0.25) is 0 Å². The fourth-order valence-electron chi connectivity index (χ4n) is 2.93. The summed E-state index contributed by atoms with van der Waals surface area (Å²) in [6, 6.07) is 11.2. The minimum absolute atomic E-state index is 0.0757. The van der Waals surface area contributed by atoms with Crippen molar-refractivity contribution in [1.29, 1.82) is 0 Å². The van der Waals surface area contributed by atoms with Crippen LogP contribution in [0.25, 0.3) is 0 Å². The fourth-order valence-corrected chi connectivity index (χ4v) is 3.49. The lowest BCUT2D eigenvalue weighted by atomic mass is 10.00. The number of hydrogen-bond donors (Lipinski definition) is 1. The number of fused-ring (bicyclic) bond motifs is 1. The Morgan fingerprint density at radius 2 is 2.15 bits per heavy atom. The first-order chi connectivity index (χ1) is 12.6. The van der Waals surface area contributed by atoms with E-state index in [1.54, 1.807) is 19.2 Å². The average molecular weight is 420 g/mol. The molecule has 0 aromatic heterocycles. The highest BCUT2D eigenvalue weighted by Gasteiger charge is 2.24. The van der Waals surface area contributed by atoms with Crippen LogP contribution in [0.1, 0.15) is 41.7 Å². The molecule has 0 unspecified atom stereocenters. The molecule has 1 amide bonds. The maximum atomic E-state index is 12.8. The van der Waals surface area contributed by atoms with Gasteiger partial charge in [0.25, 0.3) is 5.91 Å². The molecule has 0 saturated carbocycles. The average Bonchev–Trinajstić information content (AvgIpc) is 2.66.